The van der Waals surface area contributed by atoms with E-state index in [1.54, 1.807) is 7.11 Å². The van der Waals surface area contributed by atoms with E-state index >= 15 is 0 Å². The summed E-state index contributed by atoms with van der Waals surface area (Å²) in [7, 11) is 1.61. The van der Waals surface area contributed by atoms with Crippen molar-refractivity contribution in [1.29, 1.82) is 0 Å². The zero-order valence-corrected chi connectivity index (χ0v) is 21.3. The Bertz CT molecular complexity index is 1340. The number of nitrogens with one attached hydrogen (secondary N) is 2. The van der Waals surface area contributed by atoms with Crippen molar-refractivity contribution in [2.45, 2.75) is 6.42 Å². The number of hydrogen-bond donors (Lipinski definition) is 2. The van der Waals surface area contributed by atoms with E-state index in [0.717, 1.165) is 50.3 Å². The van der Waals surface area contributed by atoms with Gasteiger partial charge in [-0.15, -0.1) is 0 Å². The van der Waals surface area contributed by atoms with Gasteiger partial charge in [-0.05, 0) is 24.6 Å². The molecule has 11 heteroatoms. The summed E-state index contributed by atoms with van der Waals surface area (Å²) in [6.45, 7) is 5.04. The SMILES string of the molecule is COc1cc2c(Nc3ncc(C(=O)Nc4ccccc4)s3)ncnc2cc1OCCCN1CCOCC1. The Morgan fingerprint density at radius 2 is 1.95 bits per heavy atom. The van der Waals surface area contributed by atoms with Crippen LogP contribution < -0.4 is 20.1 Å². The largest absolute Gasteiger partial charge is 0.493 e. The van der Waals surface area contributed by atoms with Gasteiger partial charge in [0.15, 0.2) is 16.6 Å². The number of carbonyl (C=O) groups is 1. The summed E-state index contributed by atoms with van der Waals surface area (Å²) in [5.41, 5.74) is 1.43. The van der Waals surface area contributed by atoms with Crippen molar-refractivity contribution in [1.82, 2.24) is 19.9 Å². The number of anilines is 3. The molecule has 0 spiro atoms. The van der Waals surface area contributed by atoms with Gasteiger partial charge in [0, 0.05) is 36.8 Å². The van der Waals surface area contributed by atoms with Gasteiger partial charge in [0.25, 0.3) is 5.91 Å². The number of carbonyl (C=O) groups excluding carboxylic acids is 1. The van der Waals surface area contributed by atoms with E-state index in [1.807, 2.05) is 42.5 Å². The highest BCUT2D eigenvalue weighted by Gasteiger charge is 2.15. The molecule has 3 heterocycles. The Hall–Kier alpha value is -3.80. The van der Waals surface area contributed by atoms with Crippen molar-refractivity contribution >= 4 is 44.8 Å². The number of morpholine rings is 1. The first-order chi connectivity index (χ1) is 18.2. The number of thiazole rings is 1. The third-order valence-corrected chi connectivity index (χ3v) is 6.80. The molecule has 0 saturated carbocycles. The molecule has 0 radical (unpaired) electrons. The monoisotopic (exact) mass is 520 g/mol. The van der Waals surface area contributed by atoms with Crippen molar-refractivity contribution in [2.24, 2.45) is 0 Å². The lowest BCUT2D eigenvalue weighted by Crippen LogP contribution is -2.37. The predicted octanol–water partition coefficient (Wildman–Crippen LogP) is 4.19. The van der Waals surface area contributed by atoms with E-state index < -0.39 is 0 Å². The molecule has 1 amide bonds. The Morgan fingerprint density at radius 1 is 1.11 bits per heavy atom. The van der Waals surface area contributed by atoms with Gasteiger partial charge in [-0.2, -0.15) is 0 Å². The molecule has 1 fully saturated rings. The number of ether oxygens (including phenoxy) is 3. The molecule has 0 aliphatic carbocycles. The number of benzene rings is 2. The van der Waals surface area contributed by atoms with Crippen LogP contribution in [0.5, 0.6) is 11.5 Å². The van der Waals surface area contributed by atoms with Crippen LogP contribution in [0.4, 0.5) is 16.6 Å². The minimum Gasteiger partial charge on any atom is -0.493 e. The predicted molar refractivity (Wildman–Crippen MR) is 143 cm³/mol. The van der Waals surface area contributed by atoms with E-state index in [9.17, 15) is 4.79 Å². The minimum absolute atomic E-state index is 0.221. The molecule has 5 rings (SSSR count). The first-order valence-corrected chi connectivity index (χ1v) is 12.9. The average Bonchev–Trinajstić information content (AvgIpc) is 3.41. The summed E-state index contributed by atoms with van der Waals surface area (Å²) in [4.78, 5) is 28.6. The van der Waals surface area contributed by atoms with Crippen LogP contribution in [-0.4, -0.2) is 72.3 Å². The molecule has 0 unspecified atom stereocenters. The number of methoxy groups -OCH3 is 1. The molecule has 2 aromatic carbocycles. The van der Waals surface area contributed by atoms with E-state index in [1.165, 1.54) is 23.9 Å². The summed E-state index contributed by atoms with van der Waals surface area (Å²) in [5.74, 6) is 1.57. The maximum absolute atomic E-state index is 12.6. The van der Waals surface area contributed by atoms with Gasteiger partial charge < -0.3 is 24.8 Å². The third-order valence-electron chi connectivity index (χ3n) is 5.89. The Morgan fingerprint density at radius 3 is 2.76 bits per heavy atom. The topological polar surface area (TPSA) is 111 Å². The zero-order valence-electron chi connectivity index (χ0n) is 20.5. The first kappa shape index (κ1) is 24.9. The van der Waals surface area contributed by atoms with Gasteiger partial charge in [0.1, 0.15) is 17.0 Å². The van der Waals surface area contributed by atoms with Crippen LogP contribution in [0.2, 0.25) is 0 Å². The van der Waals surface area contributed by atoms with Crippen LogP contribution in [0, 0.1) is 0 Å². The highest BCUT2D eigenvalue weighted by Crippen LogP contribution is 2.35. The molecular weight excluding hydrogens is 492 g/mol. The van der Waals surface area contributed by atoms with Crippen LogP contribution in [-0.2, 0) is 4.74 Å². The lowest BCUT2D eigenvalue weighted by atomic mass is 10.2. The van der Waals surface area contributed by atoms with Crippen LogP contribution in [0.3, 0.4) is 0 Å². The lowest BCUT2D eigenvalue weighted by Gasteiger charge is -2.26. The number of para-hydroxylation sites is 1. The van der Waals surface area contributed by atoms with Gasteiger partial charge in [-0.1, -0.05) is 29.5 Å². The number of rotatable bonds is 10. The van der Waals surface area contributed by atoms with E-state index in [4.69, 9.17) is 14.2 Å². The van der Waals surface area contributed by atoms with E-state index in [0.29, 0.717) is 39.4 Å². The maximum Gasteiger partial charge on any atom is 0.267 e. The number of hydrogen-bond acceptors (Lipinski definition) is 10. The van der Waals surface area contributed by atoms with Gasteiger partial charge in [-0.3, -0.25) is 9.69 Å². The van der Waals surface area contributed by atoms with Crippen molar-refractivity contribution < 1.29 is 19.0 Å². The van der Waals surface area contributed by atoms with Crippen LogP contribution >= 0.6 is 11.3 Å². The summed E-state index contributed by atoms with van der Waals surface area (Å²) in [6.07, 6.45) is 3.93. The molecule has 1 aliphatic rings. The third kappa shape index (κ3) is 6.31. The standard InChI is InChI=1S/C26H28N6O4S/c1-34-21-14-19-20(15-22(21)36-11-5-8-32-9-12-35-13-10-32)28-17-29-24(19)31-26-27-16-23(37-26)25(33)30-18-6-3-2-4-7-18/h2-4,6-7,14-17H,5,8-13H2,1H3,(H,30,33)(H,27,28,29,31). The van der Waals surface area contributed by atoms with E-state index in [-0.39, 0.29) is 5.91 Å². The second kappa shape index (κ2) is 12.0. The lowest BCUT2D eigenvalue weighted by molar-refractivity contribution is 0.0357. The molecule has 1 saturated heterocycles. The van der Waals surface area contributed by atoms with Crippen molar-refractivity contribution in [3.63, 3.8) is 0 Å². The Balaban J connectivity index is 1.26. The normalized spacial score (nSPS) is 13.9. The average molecular weight is 521 g/mol. The zero-order chi connectivity index (χ0) is 25.5. The second-order valence-corrected chi connectivity index (χ2v) is 9.40. The second-order valence-electron chi connectivity index (χ2n) is 8.37. The summed E-state index contributed by atoms with van der Waals surface area (Å²) < 4.78 is 17.0. The fraction of sp³-hybridized carbons (Fsp3) is 0.308. The highest BCUT2D eigenvalue weighted by atomic mass is 32.1. The van der Waals surface area contributed by atoms with Gasteiger partial charge in [0.2, 0.25) is 0 Å². The fourth-order valence-corrected chi connectivity index (χ4v) is 4.69. The van der Waals surface area contributed by atoms with Crippen LogP contribution in [0.25, 0.3) is 10.9 Å². The molecule has 2 aromatic heterocycles. The molecule has 2 N–H and O–H groups in total. The summed E-state index contributed by atoms with van der Waals surface area (Å²) in [6, 6.07) is 13.0. The van der Waals surface area contributed by atoms with Gasteiger partial charge in [0.05, 0.1) is 38.6 Å². The maximum atomic E-state index is 12.6. The molecule has 37 heavy (non-hydrogen) atoms. The van der Waals surface area contributed by atoms with Crippen molar-refractivity contribution in [3.05, 3.63) is 59.9 Å². The quantitative estimate of drug-likeness (QED) is 0.297. The molecule has 1 aliphatic heterocycles. The first-order valence-electron chi connectivity index (χ1n) is 12.0. The Kier molecular flexibility index (Phi) is 8.04. The van der Waals surface area contributed by atoms with Crippen molar-refractivity contribution in [3.8, 4) is 11.5 Å². The van der Waals surface area contributed by atoms with Gasteiger partial charge in [-0.25, -0.2) is 15.0 Å². The Labute approximate surface area is 218 Å². The van der Waals surface area contributed by atoms with E-state index in [2.05, 4.69) is 30.5 Å². The fourth-order valence-electron chi connectivity index (χ4n) is 3.98. The molecule has 192 valence electrons. The van der Waals surface area contributed by atoms with Gasteiger partial charge >= 0.3 is 0 Å². The number of aromatic nitrogens is 3. The molecular formula is C26H28N6O4S. The van der Waals surface area contributed by atoms with Crippen LogP contribution in [0.1, 0.15) is 16.1 Å². The number of fused-ring (bicyclic) bond motifs is 1. The molecule has 4 aromatic rings. The highest BCUT2D eigenvalue weighted by molar-refractivity contribution is 7.17. The number of nitrogens with zero attached hydrogens (tertiary/aromatic N) is 4. The molecule has 0 bridgehead atoms. The smallest absolute Gasteiger partial charge is 0.267 e. The van der Waals surface area contributed by atoms with Crippen LogP contribution in [0.15, 0.2) is 55.0 Å². The minimum atomic E-state index is -0.221. The van der Waals surface area contributed by atoms with Crippen molar-refractivity contribution in [2.75, 3.05) is 57.2 Å². The summed E-state index contributed by atoms with van der Waals surface area (Å²) >= 11 is 1.24. The number of amides is 1. The molecule has 0 atom stereocenters. The molecule has 10 nitrogen and oxygen atoms in total. The summed E-state index contributed by atoms with van der Waals surface area (Å²) in [5, 5.41) is 7.37.